The van der Waals surface area contributed by atoms with Gasteiger partial charge in [-0.15, -0.1) is 0 Å². The van der Waals surface area contributed by atoms with E-state index in [0.717, 1.165) is 51.0 Å². The number of halogens is 1. The first-order valence-electron chi connectivity index (χ1n) is 10.1. The van der Waals surface area contributed by atoms with Crippen LogP contribution in [0.25, 0.3) is 0 Å². The number of piperidine rings is 1. The fourth-order valence-corrected chi connectivity index (χ4v) is 4.26. The highest BCUT2D eigenvalue weighted by Gasteiger charge is 2.21. The van der Waals surface area contributed by atoms with Crippen LogP contribution in [0, 0.1) is 11.7 Å². The first-order valence-corrected chi connectivity index (χ1v) is 12.0. The maximum atomic E-state index is 13.2. The first kappa shape index (κ1) is 22.2. The van der Waals surface area contributed by atoms with Crippen LogP contribution < -0.4 is 10.6 Å². The van der Waals surface area contributed by atoms with Gasteiger partial charge in [-0.2, -0.15) is 0 Å². The van der Waals surface area contributed by atoms with Gasteiger partial charge in [-0.05, 0) is 74.3 Å². The minimum absolute atomic E-state index is 0.0478. The summed E-state index contributed by atoms with van der Waals surface area (Å²) in [6.07, 6.45) is 3.54. The van der Waals surface area contributed by atoms with Crippen molar-refractivity contribution in [2.45, 2.75) is 24.2 Å². The zero-order valence-electron chi connectivity index (χ0n) is 17.1. The fourth-order valence-electron chi connectivity index (χ4n) is 3.63. The van der Waals surface area contributed by atoms with E-state index in [1.54, 1.807) is 18.2 Å². The van der Waals surface area contributed by atoms with Crippen LogP contribution >= 0.6 is 0 Å². The molecule has 2 N–H and O–H groups in total. The number of hydrogen-bond acceptors (Lipinski definition) is 5. The van der Waals surface area contributed by atoms with Crippen molar-refractivity contribution in [3.05, 3.63) is 54.3 Å². The monoisotopic (exact) mass is 433 g/mol. The summed E-state index contributed by atoms with van der Waals surface area (Å²) in [5, 5.41) is 6.08. The Kier molecular flexibility index (Phi) is 7.44. The lowest BCUT2D eigenvalue weighted by Crippen LogP contribution is -2.37. The largest absolute Gasteiger partial charge is 0.384 e. The molecule has 1 amide bonds. The lowest BCUT2D eigenvalue weighted by atomic mass is 9.93. The Morgan fingerprint density at radius 1 is 1.10 bits per heavy atom. The van der Waals surface area contributed by atoms with Crippen LogP contribution in [0.5, 0.6) is 0 Å². The minimum atomic E-state index is -3.24. The van der Waals surface area contributed by atoms with Crippen LogP contribution in [0.4, 0.5) is 15.8 Å². The second-order valence-electron chi connectivity index (χ2n) is 7.77. The van der Waals surface area contributed by atoms with Crippen LogP contribution in [0.3, 0.4) is 0 Å². The molecule has 0 bridgehead atoms. The molecule has 3 rings (SSSR count). The molecule has 1 saturated heterocycles. The van der Waals surface area contributed by atoms with Crippen LogP contribution in [-0.4, -0.2) is 51.7 Å². The first-order chi connectivity index (χ1) is 14.3. The molecule has 1 aliphatic heterocycles. The molecule has 0 spiro atoms. The molecule has 2 aromatic carbocycles. The number of amides is 1. The second kappa shape index (κ2) is 10.0. The number of anilines is 2. The Balaban J connectivity index is 1.36. The topological polar surface area (TPSA) is 78.5 Å². The van der Waals surface area contributed by atoms with Gasteiger partial charge < -0.3 is 15.5 Å². The van der Waals surface area contributed by atoms with E-state index in [9.17, 15) is 17.6 Å². The summed E-state index contributed by atoms with van der Waals surface area (Å²) in [7, 11) is -3.24. The van der Waals surface area contributed by atoms with E-state index >= 15 is 0 Å². The third-order valence-corrected chi connectivity index (χ3v) is 6.46. The molecule has 0 atom stereocenters. The van der Waals surface area contributed by atoms with Gasteiger partial charge in [0.15, 0.2) is 9.84 Å². The minimum Gasteiger partial charge on any atom is -0.384 e. The van der Waals surface area contributed by atoms with Gasteiger partial charge in [-0.25, -0.2) is 12.8 Å². The van der Waals surface area contributed by atoms with E-state index < -0.39 is 9.84 Å². The van der Waals surface area contributed by atoms with E-state index in [-0.39, 0.29) is 16.6 Å². The van der Waals surface area contributed by atoms with Gasteiger partial charge >= 0.3 is 0 Å². The van der Waals surface area contributed by atoms with Crippen molar-refractivity contribution in [2.75, 3.05) is 43.1 Å². The molecule has 6 nitrogen and oxygen atoms in total. The van der Waals surface area contributed by atoms with Gasteiger partial charge in [-0.3, -0.25) is 4.79 Å². The van der Waals surface area contributed by atoms with Crippen LogP contribution in [0.1, 0.15) is 19.3 Å². The Hall–Kier alpha value is -2.45. The molecular weight excluding hydrogens is 405 g/mol. The Morgan fingerprint density at radius 2 is 1.80 bits per heavy atom. The van der Waals surface area contributed by atoms with Gasteiger partial charge in [0.25, 0.3) is 0 Å². The molecule has 30 heavy (non-hydrogen) atoms. The van der Waals surface area contributed by atoms with Gasteiger partial charge in [0, 0.05) is 37.1 Å². The summed E-state index contributed by atoms with van der Waals surface area (Å²) >= 11 is 0. The summed E-state index contributed by atoms with van der Waals surface area (Å²) < 4.78 is 36.2. The van der Waals surface area contributed by atoms with Crippen LogP contribution in [0.15, 0.2) is 53.4 Å². The highest BCUT2D eigenvalue weighted by Crippen LogP contribution is 2.22. The Bertz CT molecular complexity index is 956. The van der Waals surface area contributed by atoms with E-state index in [4.69, 9.17) is 0 Å². The lowest BCUT2D eigenvalue weighted by Gasteiger charge is -2.31. The number of nitrogens with zero attached hydrogens (tertiary/aromatic N) is 1. The number of carbonyl (C=O) groups is 1. The summed E-state index contributed by atoms with van der Waals surface area (Å²) in [6, 6.07) is 12.7. The quantitative estimate of drug-likeness (QED) is 0.667. The fraction of sp³-hybridized carbons (Fsp3) is 0.409. The average molecular weight is 434 g/mol. The van der Waals surface area contributed by atoms with Crippen molar-refractivity contribution in [2.24, 2.45) is 5.92 Å². The molecule has 0 aliphatic carbocycles. The van der Waals surface area contributed by atoms with E-state index in [0.29, 0.717) is 18.0 Å². The zero-order chi connectivity index (χ0) is 21.6. The predicted molar refractivity (Wildman–Crippen MR) is 117 cm³/mol. The van der Waals surface area contributed by atoms with E-state index in [1.165, 1.54) is 24.3 Å². The molecule has 2 aromatic rings. The molecular formula is C22H28FN3O3S. The summed E-state index contributed by atoms with van der Waals surface area (Å²) in [5.41, 5.74) is 1.39. The highest BCUT2D eigenvalue weighted by atomic mass is 32.2. The van der Waals surface area contributed by atoms with Gasteiger partial charge in [0.1, 0.15) is 5.82 Å². The second-order valence-corrected chi connectivity index (χ2v) is 9.79. The van der Waals surface area contributed by atoms with Crippen molar-refractivity contribution >= 4 is 27.1 Å². The molecule has 1 fully saturated rings. The smallest absolute Gasteiger partial charge is 0.224 e. The van der Waals surface area contributed by atoms with Crippen molar-refractivity contribution in [1.82, 2.24) is 4.90 Å². The lowest BCUT2D eigenvalue weighted by molar-refractivity contribution is -0.117. The zero-order valence-corrected chi connectivity index (χ0v) is 17.9. The van der Waals surface area contributed by atoms with E-state index in [1.807, 2.05) is 6.07 Å². The summed E-state index contributed by atoms with van der Waals surface area (Å²) in [5.74, 6) is 0.0477. The number of benzene rings is 2. The third-order valence-electron chi connectivity index (χ3n) is 5.33. The Labute approximate surface area is 177 Å². The number of rotatable bonds is 8. The van der Waals surface area contributed by atoms with Crippen molar-refractivity contribution < 1.29 is 17.6 Å². The maximum Gasteiger partial charge on any atom is 0.224 e. The van der Waals surface area contributed by atoms with Crippen LogP contribution in [0.2, 0.25) is 0 Å². The molecule has 0 unspecified atom stereocenters. The molecule has 1 heterocycles. The average Bonchev–Trinajstić information content (AvgIpc) is 2.69. The van der Waals surface area contributed by atoms with Crippen molar-refractivity contribution in [1.29, 1.82) is 0 Å². The van der Waals surface area contributed by atoms with Gasteiger partial charge in [0.05, 0.1) is 4.90 Å². The van der Waals surface area contributed by atoms with E-state index in [2.05, 4.69) is 15.5 Å². The summed E-state index contributed by atoms with van der Waals surface area (Å²) in [6.45, 7) is 3.50. The van der Waals surface area contributed by atoms with Crippen LogP contribution in [-0.2, 0) is 14.6 Å². The highest BCUT2D eigenvalue weighted by molar-refractivity contribution is 7.90. The molecule has 0 aromatic heterocycles. The number of nitrogens with one attached hydrogen (secondary N) is 2. The maximum absolute atomic E-state index is 13.2. The SMILES string of the molecule is CS(=O)(=O)c1ccc(NC(=O)CC2CCN(CCNc3cccc(F)c3)CC2)cc1. The normalized spacial score (nSPS) is 15.7. The van der Waals surface area contributed by atoms with Crippen molar-refractivity contribution in [3.63, 3.8) is 0 Å². The van der Waals surface area contributed by atoms with Gasteiger partial charge in [0.2, 0.25) is 5.91 Å². The van der Waals surface area contributed by atoms with Crippen molar-refractivity contribution in [3.8, 4) is 0 Å². The number of hydrogen-bond donors (Lipinski definition) is 2. The third kappa shape index (κ3) is 6.81. The Morgan fingerprint density at radius 3 is 2.43 bits per heavy atom. The number of sulfone groups is 1. The molecule has 0 radical (unpaired) electrons. The predicted octanol–water partition coefficient (Wildman–Crippen LogP) is 3.38. The number of carbonyl (C=O) groups excluding carboxylic acids is 1. The molecule has 162 valence electrons. The molecule has 8 heteroatoms. The molecule has 0 saturated carbocycles. The standard InChI is InChI=1S/C22H28FN3O3S/c1-30(28,29)21-7-5-19(6-8-21)25-22(27)15-17-9-12-26(13-10-17)14-11-24-20-4-2-3-18(23)16-20/h2-8,16-17,24H,9-15H2,1H3,(H,25,27). The molecule has 1 aliphatic rings. The van der Waals surface area contributed by atoms with Gasteiger partial charge in [-0.1, -0.05) is 6.07 Å². The summed E-state index contributed by atoms with van der Waals surface area (Å²) in [4.78, 5) is 14.9. The number of likely N-dealkylation sites (tertiary alicyclic amines) is 1.